The minimum absolute atomic E-state index is 0.0298. The van der Waals surface area contributed by atoms with Gasteiger partial charge in [-0.25, -0.2) is 4.68 Å². The first kappa shape index (κ1) is 19.0. The molecule has 0 atom stereocenters. The first-order valence-corrected chi connectivity index (χ1v) is 8.33. The van der Waals surface area contributed by atoms with E-state index in [1.807, 2.05) is 31.2 Å². The Hall–Kier alpha value is -2.37. The van der Waals surface area contributed by atoms with Crippen LogP contribution in [0.3, 0.4) is 0 Å². The van der Waals surface area contributed by atoms with Gasteiger partial charge in [0, 0.05) is 28.2 Å². The molecule has 0 aliphatic heterocycles. The normalized spacial score (nSPS) is 10.1. The number of nitrogens with one attached hydrogen (secondary N) is 1. The number of carbonyl (C=O) groups is 1. The lowest BCUT2D eigenvalue weighted by Crippen LogP contribution is -2.21. The van der Waals surface area contributed by atoms with Crippen LogP contribution in [0.1, 0.15) is 12.6 Å². The van der Waals surface area contributed by atoms with Crippen molar-refractivity contribution < 1.29 is 4.79 Å². The predicted molar refractivity (Wildman–Crippen MR) is 103 cm³/mol. The van der Waals surface area contributed by atoms with E-state index in [-0.39, 0.29) is 5.56 Å². The molecule has 1 N–H and O–H groups in total. The fraction of sp³-hybridized carbons (Fsp3) is 0.167. The molecule has 130 valence electrons. The smallest absolute Gasteiger partial charge is 0.274 e. The molecule has 3 aromatic rings. The third kappa shape index (κ3) is 4.81. The lowest BCUT2D eigenvalue weighted by atomic mass is 10.1. The monoisotopic (exact) mass is 377 g/mol. The number of hydrogen-bond acceptors (Lipinski definition) is 3. The second-order valence-electron chi connectivity index (χ2n) is 5.19. The molecule has 25 heavy (non-hydrogen) atoms. The van der Waals surface area contributed by atoms with E-state index in [4.69, 9.17) is 23.2 Å². The van der Waals surface area contributed by atoms with E-state index in [9.17, 15) is 9.59 Å². The molecule has 0 saturated heterocycles. The highest BCUT2D eigenvalue weighted by Crippen LogP contribution is 2.21. The van der Waals surface area contributed by atoms with Crippen molar-refractivity contribution in [1.29, 1.82) is 0 Å². The SMILES string of the molecule is CCc1nn(C)c(=O)c2ccccc12.O=CNc1cc(Cl)cc(Cl)c1. The van der Waals surface area contributed by atoms with Gasteiger partial charge in [-0.05, 0) is 30.7 Å². The van der Waals surface area contributed by atoms with Crippen LogP contribution in [-0.4, -0.2) is 16.2 Å². The highest BCUT2D eigenvalue weighted by molar-refractivity contribution is 6.35. The van der Waals surface area contributed by atoms with Crippen LogP contribution in [0.5, 0.6) is 0 Å². The van der Waals surface area contributed by atoms with Gasteiger partial charge in [0.2, 0.25) is 6.41 Å². The first-order chi connectivity index (χ1) is 12.0. The highest BCUT2D eigenvalue weighted by atomic mass is 35.5. The minimum Gasteiger partial charge on any atom is -0.329 e. The third-order valence-electron chi connectivity index (χ3n) is 3.46. The molecule has 0 aliphatic carbocycles. The maximum atomic E-state index is 11.7. The van der Waals surface area contributed by atoms with Crippen LogP contribution in [0, 0.1) is 0 Å². The summed E-state index contributed by atoms with van der Waals surface area (Å²) in [7, 11) is 1.69. The summed E-state index contributed by atoms with van der Waals surface area (Å²) in [6.07, 6.45) is 1.41. The summed E-state index contributed by atoms with van der Waals surface area (Å²) in [6, 6.07) is 12.4. The Balaban J connectivity index is 0.000000186. The van der Waals surface area contributed by atoms with E-state index in [0.717, 1.165) is 22.9 Å². The standard InChI is InChI=1S/C11H12N2O.C7H5Cl2NO/c1-3-10-8-6-4-5-7-9(8)11(14)13(2)12-10;8-5-1-6(9)3-7(2-5)10-4-11/h4-7H,3H2,1-2H3;1-4H,(H,10,11). The van der Waals surface area contributed by atoms with Gasteiger partial charge in [0.05, 0.1) is 11.1 Å². The molecule has 0 saturated carbocycles. The molecule has 0 spiro atoms. The summed E-state index contributed by atoms with van der Waals surface area (Å²) in [5.41, 5.74) is 1.54. The van der Waals surface area contributed by atoms with Crippen molar-refractivity contribution in [3.8, 4) is 0 Å². The number of halogens is 2. The number of fused-ring (bicyclic) bond motifs is 1. The van der Waals surface area contributed by atoms with E-state index in [0.29, 0.717) is 22.1 Å². The summed E-state index contributed by atoms with van der Waals surface area (Å²) >= 11 is 11.3. The zero-order valence-corrected chi connectivity index (χ0v) is 15.3. The number of rotatable bonds is 3. The van der Waals surface area contributed by atoms with Gasteiger partial charge in [-0.2, -0.15) is 5.10 Å². The zero-order chi connectivity index (χ0) is 18.4. The van der Waals surface area contributed by atoms with Crippen LogP contribution in [-0.2, 0) is 18.3 Å². The molecule has 0 unspecified atom stereocenters. The number of carbonyl (C=O) groups excluding carboxylic acids is 1. The average Bonchev–Trinajstić information content (AvgIpc) is 2.58. The van der Waals surface area contributed by atoms with E-state index in [1.165, 1.54) is 4.68 Å². The van der Waals surface area contributed by atoms with E-state index in [2.05, 4.69) is 10.4 Å². The lowest BCUT2D eigenvalue weighted by molar-refractivity contribution is -0.105. The van der Waals surface area contributed by atoms with Gasteiger partial charge in [-0.3, -0.25) is 9.59 Å². The molecule has 0 aliphatic rings. The summed E-state index contributed by atoms with van der Waals surface area (Å²) < 4.78 is 1.40. The van der Waals surface area contributed by atoms with Crippen LogP contribution >= 0.6 is 23.2 Å². The number of amides is 1. The molecular weight excluding hydrogens is 361 g/mol. The Bertz CT molecular complexity index is 934. The Kier molecular flexibility index (Phi) is 6.56. The van der Waals surface area contributed by atoms with Crippen molar-refractivity contribution >= 4 is 46.1 Å². The first-order valence-electron chi connectivity index (χ1n) is 7.57. The molecule has 5 nitrogen and oxygen atoms in total. The van der Waals surface area contributed by atoms with Gasteiger partial charge in [0.1, 0.15) is 0 Å². The number of anilines is 1. The molecule has 2 aromatic carbocycles. The van der Waals surface area contributed by atoms with Gasteiger partial charge < -0.3 is 5.32 Å². The second-order valence-corrected chi connectivity index (χ2v) is 6.07. The van der Waals surface area contributed by atoms with Crippen LogP contribution in [0.15, 0.2) is 47.3 Å². The maximum absolute atomic E-state index is 11.7. The van der Waals surface area contributed by atoms with Gasteiger partial charge in [-0.15, -0.1) is 0 Å². The third-order valence-corrected chi connectivity index (χ3v) is 3.89. The fourth-order valence-electron chi connectivity index (χ4n) is 2.34. The molecule has 3 rings (SSSR count). The summed E-state index contributed by atoms with van der Waals surface area (Å²) in [6.45, 7) is 2.04. The summed E-state index contributed by atoms with van der Waals surface area (Å²) in [4.78, 5) is 21.7. The van der Waals surface area contributed by atoms with Crippen molar-refractivity contribution in [3.63, 3.8) is 0 Å². The maximum Gasteiger partial charge on any atom is 0.274 e. The summed E-state index contributed by atoms with van der Waals surface area (Å²) in [5, 5.41) is 9.39. The lowest BCUT2D eigenvalue weighted by Gasteiger charge is -2.05. The van der Waals surface area contributed by atoms with Crippen LogP contribution in [0.2, 0.25) is 10.0 Å². The van der Waals surface area contributed by atoms with Crippen molar-refractivity contribution in [2.75, 3.05) is 5.32 Å². The number of hydrogen-bond donors (Lipinski definition) is 1. The molecular formula is C18H17Cl2N3O2. The number of benzene rings is 2. The van der Waals surface area contributed by atoms with Crippen molar-refractivity contribution in [1.82, 2.24) is 9.78 Å². The Labute approximate surface area is 155 Å². The molecule has 1 aromatic heterocycles. The van der Waals surface area contributed by atoms with Gasteiger partial charge in [0.25, 0.3) is 5.56 Å². The zero-order valence-electron chi connectivity index (χ0n) is 13.8. The number of aromatic nitrogens is 2. The number of nitrogens with zero attached hydrogens (tertiary/aromatic N) is 2. The Morgan fingerprint density at radius 1 is 1.12 bits per heavy atom. The molecule has 1 heterocycles. The van der Waals surface area contributed by atoms with Gasteiger partial charge in [0.15, 0.2) is 0 Å². The number of aryl methyl sites for hydroxylation is 2. The van der Waals surface area contributed by atoms with Crippen LogP contribution < -0.4 is 10.9 Å². The molecule has 0 bridgehead atoms. The van der Waals surface area contributed by atoms with Crippen LogP contribution in [0.4, 0.5) is 5.69 Å². The van der Waals surface area contributed by atoms with E-state index in [1.54, 1.807) is 25.2 Å². The fourth-order valence-corrected chi connectivity index (χ4v) is 2.87. The van der Waals surface area contributed by atoms with Crippen molar-refractivity contribution in [2.24, 2.45) is 7.05 Å². The van der Waals surface area contributed by atoms with Gasteiger partial charge in [-0.1, -0.05) is 48.3 Å². The predicted octanol–water partition coefficient (Wildman–Crippen LogP) is 4.06. The average molecular weight is 378 g/mol. The Morgan fingerprint density at radius 2 is 1.72 bits per heavy atom. The molecule has 1 amide bonds. The largest absolute Gasteiger partial charge is 0.329 e. The van der Waals surface area contributed by atoms with Crippen molar-refractivity contribution in [2.45, 2.75) is 13.3 Å². The molecule has 0 fully saturated rings. The quantitative estimate of drug-likeness (QED) is 0.700. The van der Waals surface area contributed by atoms with Crippen molar-refractivity contribution in [3.05, 3.63) is 68.6 Å². The highest BCUT2D eigenvalue weighted by Gasteiger charge is 2.05. The second kappa shape index (κ2) is 8.65. The van der Waals surface area contributed by atoms with E-state index < -0.39 is 0 Å². The molecule has 7 heteroatoms. The minimum atomic E-state index is -0.0298. The van der Waals surface area contributed by atoms with E-state index >= 15 is 0 Å². The van der Waals surface area contributed by atoms with Crippen LogP contribution in [0.25, 0.3) is 10.8 Å². The molecule has 0 radical (unpaired) electrons. The van der Waals surface area contributed by atoms with Gasteiger partial charge >= 0.3 is 0 Å². The topological polar surface area (TPSA) is 64.0 Å². The summed E-state index contributed by atoms with van der Waals surface area (Å²) in [5.74, 6) is 0. The Morgan fingerprint density at radius 3 is 2.28 bits per heavy atom.